The third-order valence-corrected chi connectivity index (χ3v) is 3.77. The molecular formula is C15H19N5O. The lowest BCUT2D eigenvalue weighted by molar-refractivity contribution is -0.122. The predicted molar refractivity (Wildman–Crippen MR) is 78.3 cm³/mol. The fourth-order valence-electron chi connectivity index (χ4n) is 2.27. The van der Waals surface area contributed by atoms with Crippen LogP contribution in [0.25, 0.3) is 11.4 Å². The van der Waals surface area contributed by atoms with Crippen molar-refractivity contribution in [3.8, 4) is 11.4 Å². The molecule has 110 valence electrons. The molecule has 1 N–H and O–H groups in total. The Balaban J connectivity index is 1.61. The molecule has 1 aliphatic rings. The summed E-state index contributed by atoms with van der Waals surface area (Å²) < 4.78 is 0. The largest absolute Gasteiger partial charge is 0.352 e. The number of carbonyl (C=O) groups excluding carboxylic acids is 1. The van der Waals surface area contributed by atoms with Crippen molar-refractivity contribution < 1.29 is 4.79 Å². The SMILES string of the molecule is Cc1ccc(-c2nnn(CC(=O)N[C@H](C)C3CC3)n2)cc1. The summed E-state index contributed by atoms with van der Waals surface area (Å²) in [5.41, 5.74) is 2.08. The molecule has 0 aliphatic heterocycles. The average molecular weight is 285 g/mol. The highest BCUT2D eigenvalue weighted by Gasteiger charge is 2.28. The zero-order valence-electron chi connectivity index (χ0n) is 12.3. The van der Waals surface area contributed by atoms with Crippen LogP contribution in [0.4, 0.5) is 0 Å². The van der Waals surface area contributed by atoms with E-state index in [0.29, 0.717) is 11.7 Å². The van der Waals surface area contributed by atoms with Crippen molar-refractivity contribution in [1.82, 2.24) is 25.5 Å². The van der Waals surface area contributed by atoms with Crippen molar-refractivity contribution in [3.05, 3.63) is 29.8 Å². The fraction of sp³-hybridized carbons (Fsp3) is 0.467. The van der Waals surface area contributed by atoms with Crippen LogP contribution in [-0.2, 0) is 11.3 Å². The Labute approximate surface area is 123 Å². The van der Waals surface area contributed by atoms with E-state index in [0.717, 1.165) is 5.56 Å². The standard InChI is InChI=1S/C15H19N5O/c1-10-3-5-13(6-4-10)15-17-19-20(18-15)9-14(21)16-11(2)12-7-8-12/h3-6,11-12H,7-9H2,1-2H3,(H,16,21)/t11-/m1/s1. The van der Waals surface area contributed by atoms with Gasteiger partial charge in [-0.3, -0.25) is 4.79 Å². The van der Waals surface area contributed by atoms with E-state index in [1.807, 2.05) is 38.1 Å². The number of benzene rings is 1. The minimum atomic E-state index is -0.0674. The highest BCUT2D eigenvalue weighted by molar-refractivity contribution is 5.75. The predicted octanol–water partition coefficient (Wildman–Crippen LogP) is 1.56. The molecule has 6 heteroatoms. The Hall–Kier alpha value is -2.24. The van der Waals surface area contributed by atoms with Gasteiger partial charge in [-0.2, -0.15) is 4.80 Å². The van der Waals surface area contributed by atoms with Gasteiger partial charge in [-0.05, 0) is 37.8 Å². The summed E-state index contributed by atoms with van der Waals surface area (Å²) in [7, 11) is 0. The molecule has 1 aromatic heterocycles. The van der Waals surface area contributed by atoms with Crippen LogP contribution < -0.4 is 5.32 Å². The van der Waals surface area contributed by atoms with Gasteiger partial charge in [-0.1, -0.05) is 29.8 Å². The molecule has 0 radical (unpaired) electrons. The van der Waals surface area contributed by atoms with E-state index in [9.17, 15) is 4.79 Å². The molecule has 6 nitrogen and oxygen atoms in total. The molecule has 21 heavy (non-hydrogen) atoms. The zero-order chi connectivity index (χ0) is 14.8. The Kier molecular flexibility index (Phi) is 3.68. The second-order valence-corrected chi connectivity index (χ2v) is 5.70. The first-order valence-electron chi connectivity index (χ1n) is 7.26. The van der Waals surface area contributed by atoms with E-state index in [1.165, 1.54) is 23.2 Å². The Morgan fingerprint density at radius 1 is 1.38 bits per heavy atom. The van der Waals surface area contributed by atoms with E-state index in [1.54, 1.807) is 0 Å². The summed E-state index contributed by atoms with van der Waals surface area (Å²) >= 11 is 0. The molecule has 3 rings (SSSR count). The summed E-state index contributed by atoms with van der Waals surface area (Å²) in [5.74, 6) is 1.11. The molecule has 0 bridgehead atoms. The average Bonchev–Trinajstić information content (AvgIpc) is 3.21. The van der Waals surface area contributed by atoms with Crippen molar-refractivity contribution in [3.63, 3.8) is 0 Å². The Morgan fingerprint density at radius 3 is 2.76 bits per heavy atom. The van der Waals surface area contributed by atoms with Crippen molar-refractivity contribution in [2.75, 3.05) is 0 Å². The van der Waals surface area contributed by atoms with Gasteiger partial charge in [0.15, 0.2) is 0 Å². The molecule has 1 fully saturated rings. The van der Waals surface area contributed by atoms with E-state index in [2.05, 4.69) is 20.7 Å². The second kappa shape index (κ2) is 5.63. The van der Waals surface area contributed by atoms with Crippen LogP contribution in [0.2, 0.25) is 0 Å². The second-order valence-electron chi connectivity index (χ2n) is 5.70. The van der Waals surface area contributed by atoms with Crippen molar-refractivity contribution in [2.45, 2.75) is 39.3 Å². The van der Waals surface area contributed by atoms with Gasteiger partial charge in [-0.15, -0.1) is 10.2 Å². The number of aromatic nitrogens is 4. The minimum absolute atomic E-state index is 0.0674. The van der Waals surface area contributed by atoms with Crippen LogP contribution in [-0.4, -0.2) is 32.2 Å². The monoisotopic (exact) mass is 285 g/mol. The van der Waals surface area contributed by atoms with Gasteiger partial charge >= 0.3 is 0 Å². The molecule has 1 saturated carbocycles. The number of amides is 1. The van der Waals surface area contributed by atoms with Crippen LogP contribution >= 0.6 is 0 Å². The van der Waals surface area contributed by atoms with Gasteiger partial charge in [0.2, 0.25) is 11.7 Å². The van der Waals surface area contributed by atoms with E-state index in [4.69, 9.17) is 0 Å². The van der Waals surface area contributed by atoms with E-state index >= 15 is 0 Å². The number of tetrazole rings is 1. The third-order valence-electron chi connectivity index (χ3n) is 3.77. The van der Waals surface area contributed by atoms with Crippen LogP contribution in [0.1, 0.15) is 25.3 Å². The number of aryl methyl sites for hydroxylation is 1. The molecule has 1 amide bonds. The Bertz CT molecular complexity index is 630. The van der Waals surface area contributed by atoms with Gasteiger partial charge in [0.05, 0.1) is 0 Å². The quantitative estimate of drug-likeness (QED) is 0.905. The number of rotatable bonds is 5. The van der Waals surface area contributed by atoms with Crippen molar-refractivity contribution in [2.24, 2.45) is 5.92 Å². The first kappa shape index (κ1) is 13.7. The Morgan fingerprint density at radius 2 is 2.10 bits per heavy atom. The van der Waals surface area contributed by atoms with Crippen LogP contribution in [0.3, 0.4) is 0 Å². The summed E-state index contributed by atoms with van der Waals surface area (Å²) in [5, 5.41) is 15.2. The van der Waals surface area contributed by atoms with Crippen molar-refractivity contribution >= 4 is 5.91 Å². The third kappa shape index (κ3) is 3.45. The van der Waals surface area contributed by atoms with Crippen molar-refractivity contribution in [1.29, 1.82) is 0 Å². The van der Waals surface area contributed by atoms with Gasteiger partial charge in [0, 0.05) is 11.6 Å². The number of nitrogens with one attached hydrogen (secondary N) is 1. The molecule has 1 heterocycles. The highest BCUT2D eigenvalue weighted by atomic mass is 16.2. The molecule has 0 unspecified atom stereocenters. The molecule has 1 aromatic carbocycles. The minimum Gasteiger partial charge on any atom is -0.352 e. The molecule has 1 aliphatic carbocycles. The lowest BCUT2D eigenvalue weighted by atomic mass is 10.1. The van der Waals surface area contributed by atoms with Crippen LogP contribution in [0, 0.1) is 12.8 Å². The lowest BCUT2D eigenvalue weighted by Gasteiger charge is -2.11. The summed E-state index contributed by atoms with van der Waals surface area (Å²) in [6.07, 6.45) is 2.42. The highest BCUT2D eigenvalue weighted by Crippen LogP contribution is 2.32. The maximum Gasteiger partial charge on any atom is 0.243 e. The van der Waals surface area contributed by atoms with Gasteiger partial charge in [0.1, 0.15) is 6.54 Å². The number of hydrogen-bond donors (Lipinski definition) is 1. The van der Waals surface area contributed by atoms with Crippen LogP contribution in [0.5, 0.6) is 0 Å². The zero-order valence-corrected chi connectivity index (χ0v) is 12.3. The molecule has 0 spiro atoms. The first-order chi connectivity index (χ1) is 10.1. The van der Waals surface area contributed by atoms with Gasteiger partial charge in [-0.25, -0.2) is 0 Å². The van der Waals surface area contributed by atoms with E-state index in [-0.39, 0.29) is 18.5 Å². The van der Waals surface area contributed by atoms with Crippen LogP contribution in [0.15, 0.2) is 24.3 Å². The molecule has 2 aromatic rings. The number of nitrogens with zero attached hydrogens (tertiary/aromatic N) is 4. The number of hydrogen-bond acceptors (Lipinski definition) is 4. The maximum absolute atomic E-state index is 11.9. The topological polar surface area (TPSA) is 72.7 Å². The fourth-order valence-corrected chi connectivity index (χ4v) is 2.27. The first-order valence-corrected chi connectivity index (χ1v) is 7.26. The summed E-state index contributed by atoms with van der Waals surface area (Å²) in [6.45, 7) is 4.18. The number of carbonyl (C=O) groups is 1. The molecule has 0 saturated heterocycles. The molecule has 1 atom stereocenters. The summed E-state index contributed by atoms with van der Waals surface area (Å²) in [6, 6.07) is 8.13. The van der Waals surface area contributed by atoms with E-state index < -0.39 is 0 Å². The summed E-state index contributed by atoms with van der Waals surface area (Å²) in [4.78, 5) is 13.2. The molecular weight excluding hydrogens is 266 g/mol. The van der Waals surface area contributed by atoms with Gasteiger partial charge < -0.3 is 5.32 Å². The lowest BCUT2D eigenvalue weighted by Crippen LogP contribution is -2.36. The maximum atomic E-state index is 11.9. The smallest absolute Gasteiger partial charge is 0.243 e. The van der Waals surface area contributed by atoms with Gasteiger partial charge in [0.25, 0.3) is 0 Å². The normalized spacial score (nSPS) is 15.7.